The van der Waals surface area contributed by atoms with Crippen LogP contribution < -0.4 is 33.2 Å². The van der Waals surface area contributed by atoms with E-state index in [0.717, 1.165) is 20.8 Å². The highest BCUT2D eigenvalue weighted by Crippen LogP contribution is 2.49. The first-order valence-electron chi connectivity index (χ1n) is 24.6. The van der Waals surface area contributed by atoms with Gasteiger partial charge in [0.15, 0.2) is 62.0 Å². The molecule has 0 aliphatic carbocycles. The van der Waals surface area contributed by atoms with E-state index < -0.39 is 222 Å². The number of hydrogen-bond acceptors (Lipinski definition) is 31. The first-order chi connectivity index (χ1) is 37.8. The molecule has 0 aromatic carbocycles. The minimum absolute atomic E-state index is 0.114. The summed E-state index contributed by atoms with van der Waals surface area (Å²) in [6, 6.07) is -3.87. The lowest BCUT2D eigenvalue weighted by Crippen LogP contribution is -2.72. The Balaban J connectivity index is 1.57. The van der Waals surface area contributed by atoms with E-state index >= 15 is 0 Å². The zero-order chi connectivity index (χ0) is 60.7. The minimum atomic E-state index is -5.74. The van der Waals surface area contributed by atoms with Crippen molar-refractivity contribution in [2.45, 2.75) is 187 Å². The van der Waals surface area contributed by atoms with Crippen LogP contribution in [0.1, 0.15) is 27.7 Å². The molecule has 5 saturated heterocycles. The van der Waals surface area contributed by atoms with E-state index in [-0.39, 0.29) is 13.2 Å². The highest BCUT2D eigenvalue weighted by Gasteiger charge is 2.62. The van der Waals surface area contributed by atoms with Crippen LogP contribution in [0.2, 0.25) is 0 Å². The van der Waals surface area contributed by atoms with E-state index in [1.54, 1.807) is 0 Å². The van der Waals surface area contributed by atoms with Crippen molar-refractivity contribution in [1.29, 1.82) is 0 Å². The number of carbonyl (C=O) groups excluding carboxylic acids is 5. The van der Waals surface area contributed by atoms with Gasteiger partial charge in [-0.15, -0.1) is 0 Å². The van der Waals surface area contributed by atoms with Crippen LogP contribution in [0.3, 0.4) is 0 Å². The fourth-order valence-electron chi connectivity index (χ4n) is 9.17. The maximum Gasteiger partial charge on any atom is 0.474 e. The van der Waals surface area contributed by atoms with Crippen LogP contribution in [0.5, 0.6) is 0 Å². The molecule has 0 aromatic heterocycles. The SMILES string of the molecule is CNCCO[C@H](COP(=O)(O)O[C@H]1O[C@H](C(N)=O)[C@@](C)(O)[C@H](OC(N)=O)[C@H]1O[C@@H]1O[C@H](CO[C@@H]2O[C@H](CO)[C@@H](O)[C@H](O)[C@H]2O)[C@@H](O[C@@H]2O[C@H](C)[C@@H](O[C@@H]3O[C@H](C(N)=O)[C@H](O)[C@H](O)[C@H]3O)[C@H](O)[C@H]2NC(C)=O)[C@H](O)[C@H]1NC(C)=O)C(=O)O. The summed E-state index contributed by atoms with van der Waals surface area (Å²) in [5.74, 6) is -6.39. The number of phosphoric acid groups is 1. The molecule has 1 unspecified atom stereocenters. The van der Waals surface area contributed by atoms with Crippen molar-refractivity contribution in [3.05, 3.63) is 0 Å². The zero-order valence-electron chi connectivity index (χ0n) is 43.7. The van der Waals surface area contributed by atoms with E-state index in [1.807, 2.05) is 0 Å². The Hall–Kier alpha value is -4.11. The smallest absolute Gasteiger partial charge is 0.474 e. The topological polar surface area (TPSA) is 596 Å². The van der Waals surface area contributed by atoms with Gasteiger partial charge in [-0.2, -0.15) is 0 Å². The molecule has 5 amide bonds. The number of carboxylic acids is 1. The Morgan fingerprint density at radius 3 is 1.77 bits per heavy atom. The number of primary amides is 3. The van der Waals surface area contributed by atoms with Gasteiger partial charge in [0.1, 0.15) is 90.9 Å². The van der Waals surface area contributed by atoms with E-state index in [0.29, 0.717) is 0 Å². The Bertz CT molecular complexity index is 2210. The van der Waals surface area contributed by atoms with Crippen LogP contribution in [0.4, 0.5) is 4.79 Å². The number of hydrogen-bond donors (Lipinski definition) is 18. The van der Waals surface area contributed by atoms with Crippen LogP contribution in [-0.2, 0) is 89.7 Å². The van der Waals surface area contributed by atoms with Gasteiger partial charge in [0.25, 0.3) is 0 Å². The van der Waals surface area contributed by atoms with Crippen molar-refractivity contribution in [1.82, 2.24) is 16.0 Å². The van der Waals surface area contributed by atoms with Crippen molar-refractivity contribution in [2.24, 2.45) is 17.2 Å². The average Bonchev–Trinajstić information content (AvgIpc) is 3.58. The highest BCUT2D eigenvalue weighted by molar-refractivity contribution is 7.47. The predicted molar refractivity (Wildman–Crippen MR) is 252 cm³/mol. The van der Waals surface area contributed by atoms with Gasteiger partial charge in [0.05, 0.1) is 32.5 Å². The summed E-state index contributed by atoms with van der Waals surface area (Å²) in [5.41, 5.74) is 13.3. The second-order valence-electron chi connectivity index (χ2n) is 19.4. The lowest BCUT2D eigenvalue weighted by atomic mass is 9.85. The molecule has 5 rings (SSSR count). The first kappa shape index (κ1) is 67.7. The Morgan fingerprint density at radius 2 is 1.22 bits per heavy atom. The van der Waals surface area contributed by atoms with Crippen LogP contribution in [0, 0.1) is 0 Å². The van der Waals surface area contributed by atoms with Crippen LogP contribution in [0.25, 0.3) is 0 Å². The summed E-state index contributed by atoms with van der Waals surface area (Å²) < 4.78 is 86.5. The molecule has 0 radical (unpaired) electrons. The summed E-state index contributed by atoms with van der Waals surface area (Å²) in [5, 5.41) is 126. The molecule has 21 N–H and O–H groups in total. The number of carboxylic acid groups (broad SMARTS) is 1. The largest absolute Gasteiger partial charge is 0.479 e. The minimum Gasteiger partial charge on any atom is -0.479 e. The molecule has 466 valence electrons. The molecular formula is C42H71N6O32P. The molecule has 5 aliphatic heterocycles. The molecule has 5 fully saturated rings. The van der Waals surface area contributed by atoms with Gasteiger partial charge in [-0.1, -0.05) is 0 Å². The van der Waals surface area contributed by atoms with E-state index in [9.17, 15) is 94.4 Å². The molecular weight excluding hydrogens is 1130 g/mol. The van der Waals surface area contributed by atoms with Gasteiger partial charge in [0, 0.05) is 20.4 Å². The monoisotopic (exact) mass is 1200 g/mol. The highest BCUT2D eigenvalue weighted by atomic mass is 31.2. The van der Waals surface area contributed by atoms with Gasteiger partial charge in [0.2, 0.25) is 23.6 Å². The molecule has 0 aromatic rings. The van der Waals surface area contributed by atoms with Crippen molar-refractivity contribution >= 4 is 43.5 Å². The lowest BCUT2D eigenvalue weighted by molar-refractivity contribution is -0.375. The Labute approximate surface area is 458 Å². The maximum absolute atomic E-state index is 13.6. The molecule has 39 heteroatoms. The fraction of sp³-hybridized carbons (Fsp3) is 0.857. The summed E-state index contributed by atoms with van der Waals surface area (Å²) in [6.07, 6.45) is -49.2. The second-order valence-corrected chi connectivity index (χ2v) is 20.8. The molecule has 27 atom stereocenters. The molecule has 5 heterocycles. The first-order valence-corrected chi connectivity index (χ1v) is 26.1. The summed E-state index contributed by atoms with van der Waals surface area (Å²) in [6.45, 7) is 0.582. The standard InChI is InChI=1S/C42H71N6O32P/c1-11-27(74-39-26(59)23(56)24(57)29(76-39)33(43)60)20(53)17(47-12(2)50)36(71-11)75-28-15(9-69-38-25(58)22(55)19(52)14(8-49)72-38)73-37(18(21(28)54)48-13(3)51)77-30-31(79-41(45)64)42(4,65)32(34(44)61)78-40(30)80-81(66,67)70-10-16(35(62)63)68-7-6-46-5/h11,14-32,36-40,46,49,52-59,65H,6-10H2,1-5H3,(H2,43,60)(H2,44,61)(H2,45,64)(H,47,50)(H,48,51)(H,62,63)(H,66,67)/t11-,14-,15-,16-,17-,18-,19-,20-,21-,22+,23+,24-,25-,26-,27-,28-,29+,30-,31-,32-,36+,37+,38-,39-,40-,42+/m1/s1. The Morgan fingerprint density at radius 1 is 0.679 bits per heavy atom. The third-order valence-corrected chi connectivity index (χ3v) is 14.2. The van der Waals surface area contributed by atoms with Gasteiger partial charge < -0.3 is 146 Å². The molecule has 81 heavy (non-hydrogen) atoms. The number of nitrogens with two attached hydrogens (primary N) is 3. The zero-order valence-corrected chi connectivity index (χ0v) is 44.6. The van der Waals surface area contributed by atoms with Crippen LogP contribution in [-0.4, -0.2) is 296 Å². The van der Waals surface area contributed by atoms with E-state index in [4.69, 9.17) is 78.4 Å². The third-order valence-electron chi connectivity index (χ3n) is 13.2. The number of aliphatic hydroxyl groups is 10. The number of likely N-dealkylation sites (N-methyl/N-ethyl adjacent to an activating group) is 1. The third kappa shape index (κ3) is 16.4. The second kappa shape index (κ2) is 28.6. The fourth-order valence-corrected chi connectivity index (χ4v) is 9.99. The molecule has 0 spiro atoms. The number of carbonyl (C=O) groups is 6. The maximum atomic E-state index is 13.6. The Kier molecular flexibility index (Phi) is 23.9. The molecule has 5 aliphatic rings. The lowest BCUT2D eigenvalue weighted by Gasteiger charge is -2.52. The molecule has 38 nitrogen and oxygen atoms in total. The summed E-state index contributed by atoms with van der Waals surface area (Å²) >= 11 is 0. The van der Waals surface area contributed by atoms with Crippen molar-refractivity contribution < 1.29 is 156 Å². The number of rotatable bonds is 25. The molecule has 0 bridgehead atoms. The van der Waals surface area contributed by atoms with Crippen molar-refractivity contribution in [3.63, 3.8) is 0 Å². The van der Waals surface area contributed by atoms with Gasteiger partial charge in [-0.3, -0.25) is 28.2 Å². The van der Waals surface area contributed by atoms with E-state index in [2.05, 4.69) is 16.0 Å². The van der Waals surface area contributed by atoms with Gasteiger partial charge >= 0.3 is 19.9 Å². The average molecular weight is 1200 g/mol. The number of phosphoric ester groups is 1. The number of aliphatic hydroxyl groups excluding tert-OH is 9. The number of nitrogens with one attached hydrogen (secondary N) is 3. The molecule has 0 saturated carbocycles. The van der Waals surface area contributed by atoms with Crippen LogP contribution in [0.15, 0.2) is 0 Å². The van der Waals surface area contributed by atoms with Crippen LogP contribution >= 0.6 is 7.82 Å². The van der Waals surface area contributed by atoms with Crippen molar-refractivity contribution in [3.8, 4) is 0 Å². The van der Waals surface area contributed by atoms with Gasteiger partial charge in [-0.05, 0) is 20.9 Å². The van der Waals surface area contributed by atoms with Gasteiger partial charge in [-0.25, -0.2) is 14.2 Å². The number of ether oxygens (including phenoxy) is 11. The number of amides is 5. The predicted octanol–water partition coefficient (Wildman–Crippen LogP) is -11.3. The summed E-state index contributed by atoms with van der Waals surface area (Å²) in [4.78, 5) is 86.0. The quantitative estimate of drug-likeness (QED) is 0.0298. The summed E-state index contributed by atoms with van der Waals surface area (Å²) in [7, 11) is -4.23. The van der Waals surface area contributed by atoms with E-state index in [1.165, 1.54) is 14.0 Å². The van der Waals surface area contributed by atoms with Crippen molar-refractivity contribution in [2.75, 3.05) is 40.0 Å². The number of aliphatic carboxylic acids is 1. The normalized spacial score (nSPS) is 42.1.